The molecule has 18 heavy (non-hydrogen) atoms. The number of aryl methyl sites for hydroxylation is 2. The Balaban J connectivity index is 2.40. The molecule has 102 valence electrons. The Labute approximate surface area is 119 Å². The smallest absolute Gasteiger partial charge is 0.119 e. The molecule has 0 fully saturated rings. The van der Waals surface area contributed by atoms with Crippen LogP contribution >= 0.6 is 15.9 Å². The van der Waals surface area contributed by atoms with Crippen LogP contribution in [0.15, 0.2) is 16.6 Å². The predicted octanol–water partition coefficient (Wildman–Crippen LogP) is 4.08. The van der Waals surface area contributed by atoms with E-state index in [1.165, 1.54) is 15.6 Å². The molecule has 2 nitrogen and oxygen atoms in total. The van der Waals surface area contributed by atoms with Crippen LogP contribution < -0.4 is 10.1 Å². The first-order chi connectivity index (χ1) is 8.41. The molecule has 1 unspecified atom stereocenters. The Morgan fingerprint density at radius 1 is 1.17 bits per heavy atom. The van der Waals surface area contributed by atoms with Crippen LogP contribution in [0, 0.1) is 19.8 Å². The van der Waals surface area contributed by atoms with Gasteiger partial charge in [-0.2, -0.15) is 0 Å². The van der Waals surface area contributed by atoms with Gasteiger partial charge in [0.25, 0.3) is 0 Å². The molecule has 0 spiro atoms. The molecule has 0 aromatic heterocycles. The lowest BCUT2D eigenvalue weighted by Gasteiger charge is -2.17. The van der Waals surface area contributed by atoms with Crippen molar-refractivity contribution in [3.05, 3.63) is 27.7 Å². The van der Waals surface area contributed by atoms with Crippen molar-refractivity contribution in [3.8, 4) is 5.75 Å². The molecule has 0 radical (unpaired) electrons. The Morgan fingerprint density at radius 2 is 1.72 bits per heavy atom. The zero-order valence-electron chi connectivity index (χ0n) is 12.0. The highest BCUT2D eigenvalue weighted by molar-refractivity contribution is 9.10. The van der Waals surface area contributed by atoms with Crippen LogP contribution in [0.3, 0.4) is 0 Å². The van der Waals surface area contributed by atoms with E-state index in [9.17, 15) is 0 Å². The summed E-state index contributed by atoms with van der Waals surface area (Å²) in [5.74, 6) is 1.61. The molecular weight excluding hydrogens is 290 g/mol. The molecule has 1 N–H and O–H groups in total. The second-order valence-electron chi connectivity index (χ2n) is 5.21. The van der Waals surface area contributed by atoms with Gasteiger partial charge in [0.15, 0.2) is 0 Å². The third-order valence-electron chi connectivity index (χ3n) is 3.25. The molecule has 0 saturated carbocycles. The van der Waals surface area contributed by atoms with E-state index in [1.54, 1.807) is 0 Å². The fourth-order valence-electron chi connectivity index (χ4n) is 1.68. The summed E-state index contributed by atoms with van der Waals surface area (Å²) in [5, 5.41) is 3.46. The number of benzene rings is 1. The van der Waals surface area contributed by atoms with Crippen molar-refractivity contribution in [2.45, 2.75) is 40.7 Å². The van der Waals surface area contributed by atoms with E-state index in [0.717, 1.165) is 12.3 Å². The minimum Gasteiger partial charge on any atom is -0.492 e. The lowest BCUT2D eigenvalue weighted by Crippen LogP contribution is -2.33. The standard InChI is InChI=1S/C15H24BrNO/c1-10(2)13(5)17-6-7-18-14-8-11(3)15(16)12(4)9-14/h8-10,13,17H,6-7H2,1-5H3. The van der Waals surface area contributed by atoms with Crippen LogP contribution in [0.5, 0.6) is 5.75 Å². The van der Waals surface area contributed by atoms with Gasteiger partial charge in [0.1, 0.15) is 12.4 Å². The Hall–Kier alpha value is -0.540. The average molecular weight is 314 g/mol. The quantitative estimate of drug-likeness (QED) is 0.799. The van der Waals surface area contributed by atoms with E-state index < -0.39 is 0 Å². The summed E-state index contributed by atoms with van der Waals surface area (Å²) in [6, 6.07) is 4.67. The fraction of sp³-hybridized carbons (Fsp3) is 0.600. The van der Waals surface area contributed by atoms with Gasteiger partial charge in [-0.1, -0.05) is 29.8 Å². The van der Waals surface area contributed by atoms with Crippen LogP contribution in [0.2, 0.25) is 0 Å². The second-order valence-corrected chi connectivity index (χ2v) is 6.00. The van der Waals surface area contributed by atoms with Crippen molar-refractivity contribution in [1.82, 2.24) is 5.32 Å². The van der Waals surface area contributed by atoms with Gasteiger partial charge in [-0.15, -0.1) is 0 Å². The summed E-state index contributed by atoms with van der Waals surface area (Å²) in [6.45, 7) is 12.4. The first kappa shape index (κ1) is 15.5. The van der Waals surface area contributed by atoms with Gasteiger partial charge >= 0.3 is 0 Å². The minimum atomic E-state index is 0.530. The van der Waals surface area contributed by atoms with Crippen molar-refractivity contribution in [3.63, 3.8) is 0 Å². The number of hydrogen-bond donors (Lipinski definition) is 1. The molecule has 1 aromatic carbocycles. The summed E-state index contributed by atoms with van der Waals surface area (Å²) in [6.07, 6.45) is 0. The third kappa shape index (κ3) is 4.62. The maximum Gasteiger partial charge on any atom is 0.119 e. The molecule has 1 rings (SSSR count). The van der Waals surface area contributed by atoms with E-state index in [2.05, 4.69) is 68.0 Å². The largest absolute Gasteiger partial charge is 0.492 e. The minimum absolute atomic E-state index is 0.530. The Bertz CT molecular complexity index is 367. The van der Waals surface area contributed by atoms with Crippen molar-refractivity contribution < 1.29 is 4.74 Å². The highest BCUT2D eigenvalue weighted by Crippen LogP contribution is 2.26. The molecule has 0 aliphatic rings. The summed E-state index contributed by atoms with van der Waals surface area (Å²) in [5.41, 5.74) is 2.43. The Kier molecular flexibility index (Phi) is 6.16. The topological polar surface area (TPSA) is 21.3 Å². The third-order valence-corrected chi connectivity index (χ3v) is 4.50. The molecule has 1 aromatic rings. The van der Waals surface area contributed by atoms with E-state index in [-0.39, 0.29) is 0 Å². The normalized spacial score (nSPS) is 12.8. The molecule has 0 aliphatic carbocycles. The summed E-state index contributed by atoms with van der Waals surface area (Å²) in [7, 11) is 0. The van der Waals surface area contributed by atoms with E-state index >= 15 is 0 Å². The van der Waals surface area contributed by atoms with E-state index in [1.807, 2.05) is 0 Å². The van der Waals surface area contributed by atoms with Gasteiger partial charge in [-0.3, -0.25) is 0 Å². The first-order valence-corrected chi connectivity index (χ1v) is 7.34. The molecule has 0 bridgehead atoms. The van der Waals surface area contributed by atoms with Gasteiger partial charge in [-0.05, 0) is 49.9 Å². The van der Waals surface area contributed by atoms with Crippen molar-refractivity contribution in [2.24, 2.45) is 5.92 Å². The van der Waals surface area contributed by atoms with E-state index in [4.69, 9.17) is 4.74 Å². The highest BCUT2D eigenvalue weighted by atomic mass is 79.9. The lowest BCUT2D eigenvalue weighted by molar-refractivity contribution is 0.296. The molecule has 3 heteroatoms. The lowest BCUT2D eigenvalue weighted by atomic mass is 10.1. The predicted molar refractivity (Wildman–Crippen MR) is 81.4 cm³/mol. The molecule has 0 heterocycles. The fourth-order valence-corrected chi connectivity index (χ4v) is 1.91. The maximum absolute atomic E-state index is 5.77. The van der Waals surface area contributed by atoms with E-state index in [0.29, 0.717) is 18.6 Å². The van der Waals surface area contributed by atoms with Crippen LogP contribution in [0.1, 0.15) is 31.9 Å². The molecule has 1 atom stereocenters. The number of nitrogens with one attached hydrogen (secondary N) is 1. The van der Waals surface area contributed by atoms with Crippen LogP contribution in [0.4, 0.5) is 0 Å². The van der Waals surface area contributed by atoms with Gasteiger partial charge < -0.3 is 10.1 Å². The molecule has 0 saturated heterocycles. The van der Waals surface area contributed by atoms with Crippen molar-refractivity contribution in [1.29, 1.82) is 0 Å². The van der Waals surface area contributed by atoms with Crippen molar-refractivity contribution in [2.75, 3.05) is 13.2 Å². The summed E-state index contributed by atoms with van der Waals surface area (Å²) < 4.78 is 6.94. The number of rotatable bonds is 6. The van der Waals surface area contributed by atoms with Crippen molar-refractivity contribution >= 4 is 15.9 Å². The zero-order chi connectivity index (χ0) is 13.7. The number of hydrogen-bond acceptors (Lipinski definition) is 2. The maximum atomic E-state index is 5.77. The first-order valence-electron chi connectivity index (χ1n) is 6.54. The summed E-state index contributed by atoms with van der Waals surface area (Å²) >= 11 is 3.56. The second kappa shape index (κ2) is 7.15. The molecule has 0 amide bonds. The van der Waals surface area contributed by atoms with Crippen LogP contribution in [0.25, 0.3) is 0 Å². The van der Waals surface area contributed by atoms with Crippen LogP contribution in [-0.4, -0.2) is 19.2 Å². The zero-order valence-corrected chi connectivity index (χ0v) is 13.6. The SMILES string of the molecule is Cc1cc(OCCNC(C)C(C)C)cc(C)c1Br. The van der Waals surface area contributed by atoms with Crippen LogP contribution in [-0.2, 0) is 0 Å². The van der Waals surface area contributed by atoms with Gasteiger partial charge in [0.2, 0.25) is 0 Å². The van der Waals surface area contributed by atoms with Gasteiger partial charge in [-0.25, -0.2) is 0 Å². The number of halogens is 1. The molecular formula is C15H24BrNO. The average Bonchev–Trinajstić information content (AvgIpc) is 2.31. The molecule has 0 aliphatic heterocycles. The Morgan fingerprint density at radius 3 is 2.22 bits per heavy atom. The number of ether oxygens (including phenoxy) is 1. The monoisotopic (exact) mass is 313 g/mol. The van der Waals surface area contributed by atoms with Gasteiger partial charge in [0, 0.05) is 17.1 Å². The highest BCUT2D eigenvalue weighted by Gasteiger charge is 2.06. The van der Waals surface area contributed by atoms with Gasteiger partial charge in [0.05, 0.1) is 0 Å². The summed E-state index contributed by atoms with van der Waals surface area (Å²) in [4.78, 5) is 0.